The van der Waals surface area contributed by atoms with E-state index in [-0.39, 0.29) is 11.9 Å². The van der Waals surface area contributed by atoms with Gasteiger partial charge in [0.05, 0.1) is 11.8 Å². The summed E-state index contributed by atoms with van der Waals surface area (Å²) in [5, 5.41) is 3.26. The summed E-state index contributed by atoms with van der Waals surface area (Å²) in [5.74, 6) is 0.779. The van der Waals surface area contributed by atoms with Crippen molar-refractivity contribution in [3.63, 3.8) is 0 Å². The number of carbonyl (C=O) groups excluding carboxylic acids is 1. The van der Waals surface area contributed by atoms with Crippen LogP contribution in [-0.2, 0) is 0 Å². The maximum atomic E-state index is 12.1. The average molecular weight is 208 g/mol. The molecule has 2 heterocycles. The third-order valence-corrected chi connectivity index (χ3v) is 2.85. The van der Waals surface area contributed by atoms with Crippen LogP contribution in [0.3, 0.4) is 0 Å². The van der Waals surface area contributed by atoms with Crippen molar-refractivity contribution in [3.05, 3.63) is 23.7 Å². The Balaban J connectivity index is 2.17. The highest BCUT2D eigenvalue weighted by Gasteiger charge is 2.25. The molecule has 1 aliphatic heterocycles. The Labute approximate surface area is 89.2 Å². The molecular weight excluding hydrogens is 192 g/mol. The molecular formula is C11H16N2O2. The van der Waals surface area contributed by atoms with Crippen LogP contribution in [-0.4, -0.2) is 36.5 Å². The molecule has 0 saturated carbocycles. The lowest BCUT2D eigenvalue weighted by Gasteiger charge is -2.33. The van der Waals surface area contributed by atoms with Gasteiger partial charge >= 0.3 is 0 Å². The molecule has 4 nitrogen and oxygen atoms in total. The summed E-state index contributed by atoms with van der Waals surface area (Å²) in [6, 6.07) is 1.99. The van der Waals surface area contributed by atoms with Crippen molar-refractivity contribution in [2.45, 2.75) is 19.9 Å². The van der Waals surface area contributed by atoms with Crippen molar-refractivity contribution in [3.8, 4) is 0 Å². The summed E-state index contributed by atoms with van der Waals surface area (Å²) in [7, 11) is 0. The van der Waals surface area contributed by atoms with E-state index in [2.05, 4.69) is 12.2 Å². The molecule has 82 valence electrons. The third-order valence-electron chi connectivity index (χ3n) is 2.85. The second-order valence-corrected chi connectivity index (χ2v) is 3.94. The van der Waals surface area contributed by atoms with E-state index < -0.39 is 0 Å². The lowest BCUT2D eigenvalue weighted by molar-refractivity contribution is 0.0654. The molecule has 4 heteroatoms. The summed E-state index contributed by atoms with van der Waals surface area (Å²) in [6.07, 6.45) is 1.56. The van der Waals surface area contributed by atoms with Gasteiger partial charge in [-0.1, -0.05) is 0 Å². The Kier molecular flexibility index (Phi) is 2.77. The summed E-state index contributed by atoms with van der Waals surface area (Å²) in [6.45, 7) is 6.37. The molecule has 1 N–H and O–H groups in total. The second kappa shape index (κ2) is 4.06. The number of carbonyl (C=O) groups is 1. The highest BCUT2D eigenvalue weighted by atomic mass is 16.3. The molecule has 0 aliphatic carbocycles. The van der Waals surface area contributed by atoms with Crippen LogP contribution in [0, 0.1) is 6.92 Å². The fourth-order valence-corrected chi connectivity index (χ4v) is 1.90. The number of piperazine rings is 1. The monoisotopic (exact) mass is 208 g/mol. The van der Waals surface area contributed by atoms with Gasteiger partial charge < -0.3 is 14.6 Å². The van der Waals surface area contributed by atoms with Gasteiger partial charge in [0.1, 0.15) is 5.76 Å². The Bertz CT molecular complexity index is 359. The van der Waals surface area contributed by atoms with Crippen LogP contribution < -0.4 is 5.32 Å². The molecule has 0 spiro atoms. The normalized spacial score (nSPS) is 21.7. The van der Waals surface area contributed by atoms with Gasteiger partial charge in [-0.2, -0.15) is 0 Å². The van der Waals surface area contributed by atoms with E-state index in [4.69, 9.17) is 4.42 Å². The van der Waals surface area contributed by atoms with Crippen molar-refractivity contribution in [2.24, 2.45) is 0 Å². The topological polar surface area (TPSA) is 45.5 Å². The molecule has 1 amide bonds. The van der Waals surface area contributed by atoms with E-state index in [0.29, 0.717) is 11.3 Å². The SMILES string of the molecule is Cc1occc1C(=O)N1CCNCC1C. The van der Waals surface area contributed by atoms with E-state index in [1.165, 1.54) is 0 Å². The zero-order valence-corrected chi connectivity index (χ0v) is 9.12. The van der Waals surface area contributed by atoms with Crippen molar-refractivity contribution in [2.75, 3.05) is 19.6 Å². The third kappa shape index (κ3) is 1.90. The van der Waals surface area contributed by atoms with Crippen LogP contribution in [0.15, 0.2) is 16.7 Å². The van der Waals surface area contributed by atoms with Crippen LogP contribution in [0.5, 0.6) is 0 Å². The molecule has 1 aromatic rings. The van der Waals surface area contributed by atoms with Gasteiger partial charge in [-0.15, -0.1) is 0 Å². The molecule has 1 unspecified atom stereocenters. The van der Waals surface area contributed by atoms with Crippen molar-refractivity contribution in [1.82, 2.24) is 10.2 Å². The quantitative estimate of drug-likeness (QED) is 0.749. The number of nitrogens with zero attached hydrogens (tertiary/aromatic N) is 1. The van der Waals surface area contributed by atoms with Crippen LogP contribution in [0.4, 0.5) is 0 Å². The Morgan fingerprint density at radius 1 is 1.67 bits per heavy atom. The van der Waals surface area contributed by atoms with Gasteiger partial charge in [0.25, 0.3) is 5.91 Å². The zero-order chi connectivity index (χ0) is 10.8. The summed E-state index contributed by atoms with van der Waals surface area (Å²) in [5.41, 5.74) is 0.684. The molecule has 15 heavy (non-hydrogen) atoms. The molecule has 1 saturated heterocycles. The van der Waals surface area contributed by atoms with Crippen LogP contribution in [0.2, 0.25) is 0 Å². The predicted molar refractivity (Wildman–Crippen MR) is 56.8 cm³/mol. The first kappa shape index (κ1) is 10.2. The van der Waals surface area contributed by atoms with E-state index in [0.717, 1.165) is 19.6 Å². The first-order valence-electron chi connectivity index (χ1n) is 5.26. The molecule has 0 aromatic carbocycles. The van der Waals surface area contributed by atoms with E-state index in [9.17, 15) is 4.79 Å². The van der Waals surface area contributed by atoms with Crippen molar-refractivity contribution >= 4 is 5.91 Å². The van der Waals surface area contributed by atoms with Crippen LogP contribution in [0.1, 0.15) is 23.0 Å². The van der Waals surface area contributed by atoms with Gasteiger partial charge in [-0.3, -0.25) is 4.79 Å². The molecule has 0 bridgehead atoms. The number of hydrogen-bond acceptors (Lipinski definition) is 3. The minimum atomic E-state index is 0.0789. The minimum Gasteiger partial charge on any atom is -0.469 e. The molecule has 2 rings (SSSR count). The number of hydrogen-bond donors (Lipinski definition) is 1. The molecule has 1 aromatic heterocycles. The Hall–Kier alpha value is -1.29. The van der Waals surface area contributed by atoms with Gasteiger partial charge in [0, 0.05) is 25.7 Å². The Morgan fingerprint density at radius 3 is 3.07 bits per heavy atom. The zero-order valence-electron chi connectivity index (χ0n) is 9.12. The second-order valence-electron chi connectivity index (χ2n) is 3.94. The first-order chi connectivity index (χ1) is 7.20. The smallest absolute Gasteiger partial charge is 0.257 e. The number of rotatable bonds is 1. The molecule has 0 radical (unpaired) electrons. The number of nitrogens with one attached hydrogen (secondary N) is 1. The van der Waals surface area contributed by atoms with E-state index >= 15 is 0 Å². The van der Waals surface area contributed by atoms with Gasteiger partial charge in [-0.05, 0) is 19.9 Å². The van der Waals surface area contributed by atoms with Gasteiger partial charge in [0.15, 0.2) is 0 Å². The van der Waals surface area contributed by atoms with Crippen LogP contribution in [0.25, 0.3) is 0 Å². The highest BCUT2D eigenvalue weighted by molar-refractivity contribution is 5.95. The maximum Gasteiger partial charge on any atom is 0.257 e. The standard InChI is InChI=1S/C11H16N2O2/c1-8-7-12-4-5-13(8)11(14)10-3-6-15-9(10)2/h3,6,8,12H,4-5,7H2,1-2H3. The number of amides is 1. The number of aryl methyl sites for hydroxylation is 1. The average Bonchev–Trinajstić information content (AvgIpc) is 2.64. The first-order valence-corrected chi connectivity index (χ1v) is 5.26. The largest absolute Gasteiger partial charge is 0.469 e. The van der Waals surface area contributed by atoms with Crippen molar-refractivity contribution < 1.29 is 9.21 Å². The lowest BCUT2D eigenvalue weighted by atomic mass is 10.1. The summed E-state index contributed by atoms with van der Waals surface area (Å²) in [4.78, 5) is 14.0. The fraction of sp³-hybridized carbons (Fsp3) is 0.545. The summed E-state index contributed by atoms with van der Waals surface area (Å²) >= 11 is 0. The lowest BCUT2D eigenvalue weighted by Crippen LogP contribution is -2.52. The summed E-state index contributed by atoms with van der Waals surface area (Å²) < 4.78 is 5.15. The minimum absolute atomic E-state index is 0.0789. The van der Waals surface area contributed by atoms with E-state index in [1.807, 2.05) is 11.8 Å². The van der Waals surface area contributed by atoms with Gasteiger partial charge in [-0.25, -0.2) is 0 Å². The fourth-order valence-electron chi connectivity index (χ4n) is 1.90. The maximum absolute atomic E-state index is 12.1. The number of furan rings is 1. The molecule has 1 aliphatic rings. The van der Waals surface area contributed by atoms with E-state index in [1.54, 1.807) is 12.3 Å². The Morgan fingerprint density at radius 2 is 2.47 bits per heavy atom. The predicted octanol–water partition coefficient (Wildman–Crippen LogP) is 1.02. The van der Waals surface area contributed by atoms with Crippen molar-refractivity contribution in [1.29, 1.82) is 0 Å². The molecule has 1 fully saturated rings. The van der Waals surface area contributed by atoms with Gasteiger partial charge in [0.2, 0.25) is 0 Å². The molecule has 1 atom stereocenters. The highest BCUT2D eigenvalue weighted by Crippen LogP contribution is 2.14. The van der Waals surface area contributed by atoms with Crippen LogP contribution >= 0.6 is 0 Å².